The van der Waals surface area contributed by atoms with E-state index in [4.69, 9.17) is 21.9 Å². The molecule has 2 atom stereocenters. The van der Waals surface area contributed by atoms with Crippen LogP contribution in [-0.4, -0.2) is 47.7 Å². The van der Waals surface area contributed by atoms with Gasteiger partial charge in [0.1, 0.15) is 5.60 Å². The molecule has 1 aromatic rings. The number of guanidine groups is 1. The zero-order valence-electron chi connectivity index (χ0n) is 17.8. The Kier molecular flexibility index (Phi) is 9.99. The molecule has 11 heteroatoms. The lowest BCUT2D eigenvalue weighted by atomic mass is 10.1. The van der Waals surface area contributed by atoms with Gasteiger partial charge in [-0.15, -0.1) is 0 Å². The highest BCUT2D eigenvalue weighted by Crippen LogP contribution is 2.14. The van der Waals surface area contributed by atoms with Gasteiger partial charge in [0.25, 0.3) is 5.96 Å². The van der Waals surface area contributed by atoms with E-state index in [1.807, 2.05) is 24.3 Å². The quantitative estimate of drug-likeness (QED) is 0.111. The van der Waals surface area contributed by atoms with Gasteiger partial charge in [-0.2, -0.15) is 0 Å². The SMILES string of the molecule is CC(C)(C)OC(=O)C(CC[C@H](N)CNc1ccc(CCN)cc1)N=C(N)N[N+](=O)[O-]. The van der Waals surface area contributed by atoms with Crippen LogP contribution < -0.4 is 27.9 Å². The van der Waals surface area contributed by atoms with Crippen molar-refractivity contribution in [2.75, 3.05) is 18.4 Å². The highest BCUT2D eigenvalue weighted by molar-refractivity contribution is 5.83. The molecular formula is C19H33N7O4. The van der Waals surface area contributed by atoms with Gasteiger partial charge in [0.2, 0.25) is 0 Å². The number of nitrogens with one attached hydrogen (secondary N) is 2. The van der Waals surface area contributed by atoms with Crippen molar-refractivity contribution in [3.8, 4) is 0 Å². The molecule has 0 saturated carbocycles. The van der Waals surface area contributed by atoms with Gasteiger partial charge in [-0.05, 0) is 64.3 Å². The molecule has 11 nitrogen and oxygen atoms in total. The Bertz CT molecular complexity index is 717. The van der Waals surface area contributed by atoms with Gasteiger partial charge in [-0.3, -0.25) is 0 Å². The first-order valence-corrected chi connectivity index (χ1v) is 9.76. The van der Waals surface area contributed by atoms with Crippen molar-refractivity contribution in [3.63, 3.8) is 0 Å². The third-order valence-corrected chi connectivity index (χ3v) is 3.95. The normalized spacial score (nSPS) is 14.0. The van der Waals surface area contributed by atoms with E-state index in [1.165, 1.54) is 0 Å². The number of anilines is 1. The first kappa shape index (κ1) is 25.1. The molecule has 168 valence electrons. The number of hydrazine groups is 1. The molecule has 0 aliphatic carbocycles. The second-order valence-electron chi connectivity index (χ2n) is 7.89. The highest BCUT2D eigenvalue weighted by atomic mass is 16.7. The summed E-state index contributed by atoms with van der Waals surface area (Å²) in [5, 5.41) is 12.9. The van der Waals surface area contributed by atoms with Crippen LogP contribution in [0.15, 0.2) is 29.3 Å². The number of carbonyl (C=O) groups is 1. The zero-order chi connectivity index (χ0) is 22.7. The van der Waals surface area contributed by atoms with E-state index in [0.29, 0.717) is 19.5 Å². The first-order valence-electron chi connectivity index (χ1n) is 9.76. The van der Waals surface area contributed by atoms with Gasteiger partial charge in [-0.25, -0.2) is 19.9 Å². The van der Waals surface area contributed by atoms with Crippen molar-refractivity contribution < 1.29 is 14.6 Å². The maximum atomic E-state index is 12.4. The van der Waals surface area contributed by atoms with Crippen LogP contribution in [0.3, 0.4) is 0 Å². The molecule has 0 fully saturated rings. The predicted molar refractivity (Wildman–Crippen MR) is 116 cm³/mol. The Labute approximate surface area is 176 Å². The van der Waals surface area contributed by atoms with Crippen LogP contribution in [0.1, 0.15) is 39.2 Å². The summed E-state index contributed by atoms with van der Waals surface area (Å²) in [4.78, 5) is 26.8. The van der Waals surface area contributed by atoms with Gasteiger partial charge in [-0.1, -0.05) is 17.6 Å². The van der Waals surface area contributed by atoms with E-state index in [2.05, 4.69) is 10.3 Å². The molecule has 0 heterocycles. The molecule has 8 N–H and O–H groups in total. The fourth-order valence-corrected chi connectivity index (χ4v) is 2.57. The van der Waals surface area contributed by atoms with Crippen molar-refractivity contribution in [2.24, 2.45) is 22.2 Å². The van der Waals surface area contributed by atoms with Crippen LogP contribution in [0.25, 0.3) is 0 Å². The first-order chi connectivity index (χ1) is 14.0. The minimum atomic E-state index is -1.00. The second kappa shape index (κ2) is 11.9. The molecule has 0 aromatic heterocycles. The average molecular weight is 424 g/mol. The summed E-state index contributed by atoms with van der Waals surface area (Å²) in [7, 11) is 0. The smallest absolute Gasteiger partial charge is 0.331 e. The number of rotatable bonds is 11. The number of carbonyl (C=O) groups excluding carboxylic acids is 1. The molecule has 0 bridgehead atoms. The average Bonchev–Trinajstić information content (AvgIpc) is 2.62. The molecule has 1 rings (SSSR count). The summed E-state index contributed by atoms with van der Waals surface area (Å²) >= 11 is 0. The third kappa shape index (κ3) is 10.6. The van der Waals surface area contributed by atoms with E-state index in [0.717, 1.165) is 17.7 Å². The maximum absolute atomic E-state index is 12.4. The summed E-state index contributed by atoms with van der Waals surface area (Å²) in [6.07, 6.45) is 1.48. The Morgan fingerprint density at radius 1 is 1.27 bits per heavy atom. The van der Waals surface area contributed by atoms with E-state index < -0.39 is 28.6 Å². The largest absolute Gasteiger partial charge is 0.458 e. The Morgan fingerprint density at radius 2 is 1.90 bits per heavy atom. The maximum Gasteiger partial charge on any atom is 0.331 e. The number of hydrogen-bond donors (Lipinski definition) is 5. The van der Waals surface area contributed by atoms with E-state index in [1.54, 1.807) is 26.2 Å². The molecule has 0 aliphatic heterocycles. The van der Waals surface area contributed by atoms with E-state index in [9.17, 15) is 14.9 Å². The molecule has 0 aliphatic rings. The molecule has 30 heavy (non-hydrogen) atoms. The van der Waals surface area contributed by atoms with Crippen LogP contribution >= 0.6 is 0 Å². The highest BCUT2D eigenvalue weighted by Gasteiger charge is 2.26. The van der Waals surface area contributed by atoms with Crippen molar-refractivity contribution in [2.45, 2.75) is 57.7 Å². The Hall–Kier alpha value is -2.92. The molecule has 0 amide bonds. The number of nitrogens with zero attached hydrogens (tertiary/aromatic N) is 2. The minimum absolute atomic E-state index is 0.229. The second-order valence-corrected chi connectivity index (χ2v) is 7.89. The number of benzene rings is 1. The van der Waals surface area contributed by atoms with Crippen molar-refractivity contribution in [1.82, 2.24) is 5.43 Å². The number of esters is 1. The lowest BCUT2D eigenvalue weighted by Crippen LogP contribution is -2.40. The fraction of sp³-hybridized carbons (Fsp3) is 0.579. The monoisotopic (exact) mass is 423 g/mol. The van der Waals surface area contributed by atoms with E-state index >= 15 is 0 Å². The van der Waals surface area contributed by atoms with Gasteiger partial charge in [0.05, 0.1) is 0 Å². The van der Waals surface area contributed by atoms with Crippen molar-refractivity contribution >= 4 is 17.6 Å². The topological polar surface area (TPSA) is 184 Å². The van der Waals surface area contributed by atoms with Crippen LogP contribution in [0.4, 0.5) is 5.69 Å². The summed E-state index contributed by atoms with van der Waals surface area (Å²) < 4.78 is 5.33. The zero-order valence-corrected chi connectivity index (χ0v) is 17.8. The minimum Gasteiger partial charge on any atom is -0.458 e. The van der Waals surface area contributed by atoms with Gasteiger partial charge in [0.15, 0.2) is 11.1 Å². The summed E-state index contributed by atoms with van der Waals surface area (Å²) in [6, 6.07) is 6.63. The van der Waals surface area contributed by atoms with Crippen molar-refractivity contribution in [1.29, 1.82) is 0 Å². The molecule has 1 aromatic carbocycles. The third-order valence-electron chi connectivity index (χ3n) is 3.95. The Morgan fingerprint density at radius 3 is 2.43 bits per heavy atom. The van der Waals surface area contributed by atoms with Gasteiger partial charge < -0.3 is 27.3 Å². The van der Waals surface area contributed by atoms with Crippen LogP contribution in [-0.2, 0) is 16.0 Å². The summed E-state index contributed by atoms with van der Waals surface area (Å²) in [5.41, 5.74) is 20.3. The number of nitro groups is 1. The fourth-order valence-electron chi connectivity index (χ4n) is 2.57. The molecule has 0 radical (unpaired) electrons. The molecular weight excluding hydrogens is 390 g/mol. The number of hydrogen-bond acceptors (Lipinski definition) is 8. The van der Waals surface area contributed by atoms with E-state index in [-0.39, 0.29) is 12.5 Å². The van der Waals surface area contributed by atoms with Crippen LogP contribution in [0.5, 0.6) is 0 Å². The standard InChI is InChI=1S/C19H33N7O4/c1-19(2,3)30-17(27)16(24-18(22)25-26(28)29)9-6-14(21)12-23-15-7-4-13(5-8-15)10-11-20/h4-5,7-8,14,16,23H,6,9-12,20-21H2,1-3H3,(H3,22,24,25)/t14-,16?/m0/s1. The predicted octanol–water partition coefficient (Wildman–Crippen LogP) is 0.514. The summed E-state index contributed by atoms with van der Waals surface area (Å²) in [5.74, 6) is -1.09. The molecule has 0 spiro atoms. The van der Waals surface area contributed by atoms with Gasteiger partial charge in [0, 0.05) is 18.3 Å². The van der Waals surface area contributed by atoms with Gasteiger partial charge >= 0.3 is 5.97 Å². The number of ether oxygens (including phenoxy) is 1. The lowest BCUT2D eigenvalue weighted by molar-refractivity contribution is -0.525. The van der Waals surface area contributed by atoms with Crippen molar-refractivity contribution in [3.05, 3.63) is 39.9 Å². The molecule has 0 saturated heterocycles. The number of nitrogens with two attached hydrogens (primary N) is 3. The van der Waals surface area contributed by atoms with Crippen LogP contribution in [0.2, 0.25) is 0 Å². The van der Waals surface area contributed by atoms with Crippen LogP contribution in [0, 0.1) is 10.1 Å². The number of aliphatic imine (C=N–C) groups is 1. The molecule has 1 unspecified atom stereocenters. The Balaban J connectivity index is 2.65. The summed E-state index contributed by atoms with van der Waals surface area (Å²) in [6.45, 7) is 6.24. The lowest BCUT2D eigenvalue weighted by Gasteiger charge is -2.23.